The first kappa shape index (κ1) is 40.5. The Hall–Kier alpha value is -0.200. The van der Waals surface area contributed by atoms with E-state index in [2.05, 4.69) is 0 Å². The topological polar surface area (TPSA) is 201 Å². The van der Waals surface area contributed by atoms with Crippen LogP contribution < -0.4 is 11.5 Å². The predicted molar refractivity (Wildman–Crippen MR) is 102 cm³/mol. The molecule has 0 aromatic heterocycles. The molecule has 148 valence electrons. The van der Waals surface area contributed by atoms with E-state index in [0.717, 1.165) is 40.5 Å². The molecule has 0 radical (unpaired) electrons. The van der Waals surface area contributed by atoms with Gasteiger partial charge in [0.2, 0.25) is 0 Å². The van der Waals surface area contributed by atoms with Gasteiger partial charge in [0, 0.05) is 39.8 Å². The average molecular weight is 402 g/mol. The summed E-state index contributed by atoms with van der Waals surface area (Å²) in [4.78, 5) is 36.0. The SMILES string of the molecule is CC(=O)O.CC(=O)O.CC(=O)O.CC(=O)O.NC1CCCCC1N.[NaH].[NaH]. The Morgan fingerprint density at radius 2 is 0.731 bits per heavy atom. The first-order valence-corrected chi connectivity index (χ1v) is 7.03. The van der Waals surface area contributed by atoms with E-state index in [1.807, 2.05) is 0 Å². The van der Waals surface area contributed by atoms with E-state index in [4.69, 9.17) is 51.1 Å². The van der Waals surface area contributed by atoms with Gasteiger partial charge in [0.05, 0.1) is 0 Å². The van der Waals surface area contributed by atoms with E-state index in [1.165, 1.54) is 12.8 Å². The maximum absolute atomic E-state index is 9.00. The maximum atomic E-state index is 9.00. The zero-order valence-electron chi connectivity index (χ0n) is 14.6. The summed E-state index contributed by atoms with van der Waals surface area (Å²) in [6.07, 6.45) is 4.80. The van der Waals surface area contributed by atoms with Gasteiger partial charge in [-0.3, -0.25) is 19.2 Å². The Bertz CT molecular complexity index is 297. The van der Waals surface area contributed by atoms with Crippen molar-refractivity contribution in [1.82, 2.24) is 0 Å². The van der Waals surface area contributed by atoms with Crippen LogP contribution in [0.4, 0.5) is 0 Å². The summed E-state index contributed by atoms with van der Waals surface area (Å²) >= 11 is 0. The van der Waals surface area contributed by atoms with Crippen molar-refractivity contribution in [3.8, 4) is 0 Å². The van der Waals surface area contributed by atoms with E-state index in [0.29, 0.717) is 0 Å². The van der Waals surface area contributed by atoms with E-state index >= 15 is 0 Å². The van der Waals surface area contributed by atoms with E-state index in [1.54, 1.807) is 0 Å². The molecular formula is C14H32N2Na2O8. The second-order valence-corrected chi connectivity index (χ2v) is 4.69. The Balaban J connectivity index is -0.0000000495. The van der Waals surface area contributed by atoms with Crippen molar-refractivity contribution < 1.29 is 39.6 Å². The van der Waals surface area contributed by atoms with E-state index in [-0.39, 0.29) is 71.2 Å². The zero-order chi connectivity index (χ0) is 20.3. The van der Waals surface area contributed by atoms with Gasteiger partial charge in [-0.1, -0.05) is 12.8 Å². The molecule has 10 nitrogen and oxygen atoms in total. The molecule has 1 aliphatic rings. The third-order valence-corrected chi connectivity index (χ3v) is 1.87. The summed E-state index contributed by atoms with van der Waals surface area (Å²) in [5.41, 5.74) is 11.3. The molecule has 0 heterocycles. The van der Waals surface area contributed by atoms with Crippen LogP contribution in [0.15, 0.2) is 0 Å². The average Bonchev–Trinajstić information content (AvgIpc) is 2.30. The fourth-order valence-corrected chi connectivity index (χ4v) is 1.19. The van der Waals surface area contributed by atoms with Gasteiger partial charge < -0.3 is 31.9 Å². The summed E-state index contributed by atoms with van der Waals surface area (Å²) in [6, 6.07) is 0.562. The first-order chi connectivity index (χ1) is 10.7. The molecule has 0 saturated heterocycles. The number of nitrogens with two attached hydrogens (primary N) is 2. The van der Waals surface area contributed by atoms with Crippen molar-refractivity contribution in [3.05, 3.63) is 0 Å². The number of carbonyl (C=O) groups is 4. The molecule has 26 heavy (non-hydrogen) atoms. The van der Waals surface area contributed by atoms with Crippen LogP contribution in [0.3, 0.4) is 0 Å². The van der Waals surface area contributed by atoms with Gasteiger partial charge in [-0.2, -0.15) is 0 Å². The van der Waals surface area contributed by atoms with Crippen molar-refractivity contribution >= 4 is 83.0 Å². The van der Waals surface area contributed by atoms with Gasteiger partial charge in [-0.25, -0.2) is 0 Å². The van der Waals surface area contributed by atoms with Gasteiger partial charge in [0.25, 0.3) is 23.9 Å². The van der Waals surface area contributed by atoms with Gasteiger partial charge in [-0.15, -0.1) is 0 Å². The van der Waals surface area contributed by atoms with Crippen molar-refractivity contribution in [1.29, 1.82) is 0 Å². The monoisotopic (exact) mass is 402 g/mol. The molecule has 8 N–H and O–H groups in total. The predicted octanol–water partition coefficient (Wildman–Crippen LogP) is -0.718. The van der Waals surface area contributed by atoms with Crippen LogP contribution in [0.5, 0.6) is 0 Å². The Labute approximate surface area is 198 Å². The first-order valence-electron chi connectivity index (χ1n) is 7.03. The van der Waals surface area contributed by atoms with E-state index in [9.17, 15) is 0 Å². The van der Waals surface area contributed by atoms with E-state index < -0.39 is 23.9 Å². The molecule has 2 atom stereocenters. The molecule has 1 saturated carbocycles. The zero-order valence-corrected chi connectivity index (χ0v) is 14.6. The molecule has 0 amide bonds. The molecule has 0 aromatic rings. The molecule has 0 aromatic carbocycles. The number of rotatable bonds is 0. The molecule has 1 aliphatic carbocycles. The molecule has 0 aliphatic heterocycles. The van der Waals surface area contributed by atoms with Crippen LogP contribution in [0.1, 0.15) is 53.4 Å². The third-order valence-electron chi connectivity index (χ3n) is 1.87. The summed E-state index contributed by atoms with van der Waals surface area (Å²) in [5, 5.41) is 29.7. The summed E-state index contributed by atoms with van der Waals surface area (Å²) in [6.45, 7) is 4.33. The van der Waals surface area contributed by atoms with Crippen molar-refractivity contribution in [2.75, 3.05) is 0 Å². The van der Waals surface area contributed by atoms with Crippen LogP contribution >= 0.6 is 0 Å². The number of aliphatic carboxylic acids is 4. The Morgan fingerprint density at radius 3 is 0.808 bits per heavy atom. The van der Waals surface area contributed by atoms with Gasteiger partial charge in [0.15, 0.2) is 0 Å². The fraction of sp³-hybridized carbons (Fsp3) is 0.714. The molecule has 0 bridgehead atoms. The second kappa shape index (κ2) is 29.6. The minimum atomic E-state index is -0.833. The number of carboxylic acids is 4. The summed E-state index contributed by atoms with van der Waals surface area (Å²) in [7, 11) is 0. The number of hydrogen-bond donors (Lipinski definition) is 6. The number of hydrogen-bond acceptors (Lipinski definition) is 6. The van der Waals surface area contributed by atoms with Crippen molar-refractivity contribution in [2.24, 2.45) is 11.5 Å². The number of carboxylic acid groups (broad SMARTS) is 4. The molecule has 12 heteroatoms. The third kappa shape index (κ3) is 106. The molecular weight excluding hydrogens is 370 g/mol. The Kier molecular flexibility index (Phi) is 46.0. The van der Waals surface area contributed by atoms with Crippen LogP contribution in [0.25, 0.3) is 0 Å². The van der Waals surface area contributed by atoms with Gasteiger partial charge >= 0.3 is 59.1 Å². The molecule has 1 rings (SSSR count). The minimum absolute atomic E-state index is 0. The van der Waals surface area contributed by atoms with Crippen molar-refractivity contribution in [2.45, 2.75) is 65.5 Å². The van der Waals surface area contributed by atoms with Gasteiger partial charge in [0.1, 0.15) is 0 Å². The molecule has 0 spiro atoms. The second-order valence-electron chi connectivity index (χ2n) is 4.69. The van der Waals surface area contributed by atoms with Crippen LogP contribution in [-0.4, -0.2) is 116 Å². The van der Waals surface area contributed by atoms with Crippen LogP contribution in [0, 0.1) is 0 Å². The van der Waals surface area contributed by atoms with Crippen LogP contribution in [-0.2, 0) is 19.2 Å². The van der Waals surface area contributed by atoms with Gasteiger partial charge in [-0.05, 0) is 12.8 Å². The molecule has 2 unspecified atom stereocenters. The normalized spacial score (nSPS) is 16.1. The molecule has 1 fully saturated rings. The van der Waals surface area contributed by atoms with Crippen LogP contribution in [0.2, 0.25) is 0 Å². The van der Waals surface area contributed by atoms with Crippen molar-refractivity contribution in [3.63, 3.8) is 0 Å². The quantitative estimate of drug-likeness (QED) is 0.281. The standard InChI is InChI=1S/C6H14N2.4C2H4O2.2Na.2H/c7-5-3-1-2-4-6(5)8;4*1-2(3)4;;;;/h5-6H,1-4,7-8H2;4*1H3,(H,3,4);;;;. The Morgan fingerprint density at radius 1 is 0.615 bits per heavy atom. The summed E-state index contributed by atoms with van der Waals surface area (Å²) in [5.74, 6) is -3.33. The fourth-order valence-electron chi connectivity index (χ4n) is 1.19. The summed E-state index contributed by atoms with van der Waals surface area (Å²) < 4.78 is 0.